The molecule has 1 unspecified atom stereocenters. The van der Waals surface area contributed by atoms with Crippen LogP contribution in [0, 0.1) is 22.9 Å². The summed E-state index contributed by atoms with van der Waals surface area (Å²) >= 11 is 1.26. The summed E-state index contributed by atoms with van der Waals surface area (Å²) in [7, 11) is 1.56. The van der Waals surface area contributed by atoms with Gasteiger partial charge in [0, 0.05) is 47.5 Å². The standard InChI is InChI=1S/C28H33F4N3O2S/c1-37-19-2-3-25-21(12-19)26(18(15-33)16-34-25)22(29)4-5-28(17-36)6-8-35(9-7-28)10-11-38-20-13-23(30)27(32)24(31)14-20/h2-3,12-14,16,22,36H,4-11,15,17,33H2,1H3. The summed E-state index contributed by atoms with van der Waals surface area (Å²) in [5.74, 6) is -2.64. The van der Waals surface area contributed by atoms with Crippen LogP contribution >= 0.6 is 11.8 Å². The number of likely N-dealkylation sites (tertiary alicyclic amines) is 1. The average Bonchev–Trinajstić information content (AvgIpc) is 2.94. The fourth-order valence-electron chi connectivity index (χ4n) is 5.12. The van der Waals surface area contributed by atoms with Crippen molar-refractivity contribution in [1.82, 2.24) is 9.88 Å². The molecule has 0 radical (unpaired) electrons. The SMILES string of the molecule is COc1ccc2ncc(CN)c(C(F)CCC3(CO)CCN(CCSc4cc(F)c(F)c(F)c4)CC3)c2c1. The molecule has 1 aromatic heterocycles. The molecule has 1 fully saturated rings. The quantitative estimate of drug-likeness (QED) is 0.179. The molecule has 0 spiro atoms. The number of methoxy groups -OCH3 is 1. The smallest absolute Gasteiger partial charge is 0.194 e. The van der Waals surface area contributed by atoms with Gasteiger partial charge in [0.2, 0.25) is 0 Å². The Kier molecular flexibility index (Phi) is 9.51. The van der Waals surface area contributed by atoms with Crippen LogP contribution in [0.3, 0.4) is 0 Å². The van der Waals surface area contributed by atoms with Gasteiger partial charge in [-0.1, -0.05) is 0 Å². The molecule has 3 aromatic rings. The number of aliphatic hydroxyl groups excluding tert-OH is 1. The first-order valence-electron chi connectivity index (χ1n) is 12.7. The zero-order chi connectivity index (χ0) is 27.3. The van der Waals surface area contributed by atoms with E-state index in [0.29, 0.717) is 51.4 Å². The Balaban J connectivity index is 1.34. The molecule has 0 saturated carbocycles. The molecule has 0 amide bonds. The fraction of sp³-hybridized carbons (Fsp3) is 0.464. The van der Waals surface area contributed by atoms with Crippen molar-refractivity contribution in [3.63, 3.8) is 0 Å². The van der Waals surface area contributed by atoms with Crippen molar-refractivity contribution in [2.75, 3.05) is 39.1 Å². The minimum Gasteiger partial charge on any atom is -0.497 e. The van der Waals surface area contributed by atoms with Gasteiger partial charge in [0.25, 0.3) is 0 Å². The third kappa shape index (κ3) is 6.42. The number of hydrogen-bond donors (Lipinski definition) is 2. The van der Waals surface area contributed by atoms with Crippen molar-refractivity contribution < 1.29 is 27.4 Å². The van der Waals surface area contributed by atoms with Crippen LogP contribution in [-0.2, 0) is 6.54 Å². The maximum absolute atomic E-state index is 15.8. The summed E-state index contributed by atoms with van der Waals surface area (Å²) in [6.45, 7) is 2.29. The third-order valence-corrected chi connectivity index (χ3v) is 8.50. The number of nitrogens with two attached hydrogens (primary N) is 1. The van der Waals surface area contributed by atoms with Crippen LogP contribution in [0.4, 0.5) is 17.6 Å². The van der Waals surface area contributed by atoms with Crippen molar-refractivity contribution in [2.24, 2.45) is 11.1 Å². The zero-order valence-corrected chi connectivity index (χ0v) is 22.2. The molecule has 10 heteroatoms. The lowest BCUT2D eigenvalue weighted by Gasteiger charge is -2.41. The number of pyridine rings is 1. The Bertz CT molecular complexity index is 1230. The Hall–Kier alpha value is -2.40. The molecule has 3 N–H and O–H groups in total. The highest BCUT2D eigenvalue weighted by Gasteiger charge is 2.35. The number of benzene rings is 2. The summed E-state index contributed by atoms with van der Waals surface area (Å²) in [6, 6.07) is 7.38. The van der Waals surface area contributed by atoms with Crippen molar-refractivity contribution >= 4 is 22.7 Å². The largest absolute Gasteiger partial charge is 0.497 e. The van der Waals surface area contributed by atoms with E-state index in [1.54, 1.807) is 31.5 Å². The van der Waals surface area contributed by atoms with Gasteiger partial charge in [0.05, 0.1) is 12.6 Å². The molecule has 1 aliphatic heterocycles. The van der Waals surface area contributed by atoms with Crippen LogP contribution in [-0.4, -0.2) is 54.1 Å². The predicted octanol–water partition coefficient (Wildman–Crippen LogP) is 5.78. The molecule has 0 aliphatic carbocycles. The molecule has 206 valence electrons. The summed E-state index contributed by atoms with van der Waals surface area (Å²) in [5.41, 5.74) is 7.41. The van der Waals surface area contributed by atoms with E-state index in [-0.39, 0.29) is 25.0 Å². The van der Waals surface area contributed by atoms with Crippen LogP contribution in [0.5, 0.6) is 5.75 Å². The number of alkyl halides is 1. The predicted molar refractivity (Wildman–Crippen MR) is 142 cm³/mol. The number of aliphatic hydroxyl groups is 1. The zero-order valence-electron chi connectivity index (χ0n) is 21.4. The van der Waals surface area contributed by atoms with E-state index >= 15 is 4.39 Å². The lowest BCUT2D eigenvalue weighted by molar-refractivity contribution is 0.0322. The average molecular weight is 552 g/mol. The first-order valence-corrected chi connectivity index (χ1v) is 13.7. The van der Waals surface area contributed by atoms with Crippen LogP contribution in [0.1, 0.15) is 43.0 Å². The Labute approximate surface area is 224 Å². The first-order chi connectivity index (χ1) is 18.3. The Morgan fingerprint density at radius 1 is 1.16 bits per heavy atom. The van der Waals surface area contributed by atoms with Crippen molar-refractivity contribution in [3.8, 4) is 5.75 Å². The van der Waals surface area contributed by atoms with Crippen LogP contribution in [0.2, 0.25) is 0 Å². The molecule has 2 aromatic carbocycles. The van der Waals surface area contributed by atoms with E-state index in [4.69, 9.17) is 10.5 Å². The minimum atomic E-state index is -1.46. The monoisotopic (exact) mass is 551 g/mol. The van der Waals surface area contributed by atoms with Gasteiger partial charge in [0.15, 0.2) is 17.5 Å². The molecular formula is C28H33F4N3O2S. The summed E-state index contributed by atoms with van der Waals surface area (Å²) in [5, 5.41) is 10.9. The number of aromatic nitrogens is 1. The highest BCUT2D eigenvalue weighted by molar-refractivity contribution is 7.99. The molecule has 1 atom stereocenters. The second-order valence-corrected chi connectivity index (χ2v) is 11.0. The number of rotatable bonds is 11. The summed E-state index contributed by atoms with van der Waals surface area (Å²) in [6.07, 6.45) is 2.58. The van der Waals surface area contributed by atoms with Gasteiger partial charge in [-0.15, -0.1) is 11.8 Å². The number of piperidine rings is 1. The fourth-order valence-corrected chi connectivity index (χ4v) is 6.08. The van der Waals surface area contributed by atoms with E-state index in [1.807, 2.05) is 0 Å². The summed E-state index contributed by atoms with van der Waals surface area (Å²) < 4.78 is 61.1. The molecule has 38 heavy (non-hydrogen) atoms. The highest BCUT2D eigenvalue weighted by Crippen LogP contribution is 2.41. The molecular weight excluding hydrogens is 518 g/mol. The number of halogens is 4. The van der Waals surface area contributed by atoms with Gasteiger partial charge >= 0.3 is 0 Å². The second kappa shape index (κ2) is 12.6. The van der Waals surface area contributed by atoms with Crippen molar-refractivity contribution in [2.45, 2.75) is 43.3 Å². The van der Waals surface area contributed by atoms with Gasteiger partial charge in [-0.25, -0.2) is 17.6 Å². The minimum absolute atomic E-state index is 0.0227. The maximum Gasteiger partial charge on any atom is 0.194 e. The normalized spacial score (nSPS) is 16.6. The van der Waals surface area contributed by atoms with Crippen LogP contribution < -0.4 is 10.5 Å². The number of ether oxygens (including phenoxy) is 1. The first kappa shape index (κ1) is 28.6. The molecule has 1 saturated heterocycles. The summed E-state index contributed by atoms with van der Waals surface area (Å²) in [4.78, 5) is 6.98. The van der Waals surface area contributed by atoms with Crippen molar-refractivity contribution in [3.05, 3.63) is 65.1 Å². The number of thioether (sulfide) groups is 1. The van der Waals surface area contributed by atoms with Crippen LogP contribution in [0.25, 0.3) is 10.9 Å². The van der Waals surface area contributed by atoms with E-state index in [1.165, 1.54) is 11.8 Å². The van der Waals surface area contributed by atoms with Gasteiger partial charge in [0.1, 0.15) is 11.9 Å². The van der Waals surface area contributed by atoms with E-state index in [2.05, 4.69) is 9.88 Å². The Morgan fingerprint density at radius 3 is 2.50 bits per heavy atom. The van der Waals surface area contributed by atoms with E-state index < -0.39 is 23.6 Å². The lowest BCUT2D eigenvalue weighted by atomic mass is 9.74. The third-order valence-electron chi connectivity index (χ3n) is 7.55. The van der Waals surface area contributed by atoms with Gasteiger partial charge in [-0.2, -0.15) is 0 Å². The highest BCUT2D eigenvalue weighted by atomic mass is 32.2. The van der Waals surface area contributed by atoms with Gasteiger partial charge in [-0.05, 0) is 80.1 Å². The molecule has 1 aliphatic rings. The lowest BCUT2D eigenvalue weighted by Crippen LogP contribution is -2.42. The van der Waals surface area contributed by atoms with E-state index in [9.17, 15) is 18.3 Å². The number of nitrogens with zero attached hydrogens (tertiary/aromatic N) is 2. The molecule has 2 heterocycles. The number of hydrogen-bond acceptors (Lipinski definition) is 6. The topological polar surface area (TPSA) is 71.6 Å². The second-order valence-electron chi connectivity index (χ2n) is 9.84. The van der Waals surface area contributed by atoms with Gasteiger partial charge < -0.3 is 20.5 Å². The van der Waals surface area contributed by atoms with E-state index in [0.717, 1.165) is 38.1 Å². The molecule has 4 rings (SSSR count). The molecule has 0 bridgehead atoms. The Morgan fingerprint density at radius 2 is 1.87 bits per heavy atom. The number of fused-ring (bicyclic) bond motifs is 1. The van der Waals surface area contributed by atoms with Gasteiger partial charge in [-0.3, -0.25) is 4.98 Å². The maximum atomic E-state index is 15.8. The van der Waals surface area contributed by atoms with Crippen molar-refractivity contribution in [1.29, 1.82) is 0 Å². The van der Waals surface area contributed by atoms with Crippen LogP contribution in [0.15, 0.2) is 41.4 Å². The molecule has 5 nitrogen and oxygen atoms in total.